The van der Waals surface area contributed by atoms with E-state index in [1.54, 1.807) is 6.08 Å². The van der Waals surface area contributed by atoms with Crippen molar-refractivity contribution in [3.8, 4) is 0 Å². The van der Waals surface area contributed by atoms with Gasteiger partial charge in [-0.15, -0.1) is 0 Å². The van der Waals surface area contributed by atoms with Crippen molar-refractivity contribution >= 4 is 0 Å². The normalized spacial score (nSPS) is 11.0. The highest BCUT2D eigenvalue weighted by Gasteiger charge is 1.82. The van der Waals surface area contributed by atoms with Crippen LogP contribution in [0.15, 0.2) is 36.5 Å². The molecule has 0 rings (SSSR count). The van der Waals surface area contributed by atoms with E-state index in [9.17, 15) is 0 Å². The Kier molecular flexibility index (Phi) is 2.93. The lowest BCUT2D eigenvalue weighted by Gasteiger charge is -1.92. The fraction of sp³-hybridized carbons (Fsp3) is 0.250. The Labute approximate surface area is 51.2 Å². The molecule has 0 saturated heterocycles. The summed E-state index contributed by atoms with van der Waals surface area (Å²) in [6.45, 7) is 11.3. The Balaban J connectivity index is 3.99. The number of rotatable bonds is 2. The minimum absolute atomic E-state index is 1.10. The lowest BCUT2D eigenvalue weighted by atomic mass is 10.1. The molecule has 0 aliphatic carbocycles. The number of allylic oxidation sites excluding steroid dienone is 4. The third-order valence-corrected chi connectivity index (χ3v) is 1.04. The van der Waals surface area contributed by atoms with Crippen LogP contribution >= 0.6 is 0 Å². The van der Waals surface area contributed by atoms with Crippen molar-refractivity contribution in [2.75, 3.05) is 0 Å². The zero-order valence-corrected chi connectivity index (χ0v) is 5.57. The molecule has 0 spiro atoms. The molecule has 0 aliphatic rings. The third kappa shape index (κ3) is 2.40. The number of hydrogen-bond donors (Lipinski definition) is 0. The van der Waals surface area contributed by atoms with E-state index in [0.29, 0.717) is 0 Å². The van der Waals surface area contributed by atoms with E-state index in [-0.39, 0.29) is 0 Å². The monoisotopic (exact) mass is 108 g/mol. The minimum Gasteiger partial charge on any atom is -0.0991 e. The van der Waals surface area contributed by atoms with Crippen LogP contribution in [0.25, 0.3) is 0 Å². The molecule has 0 heteroatoms. The lowest BCUT2D eigenvalue weighted by Crippen LogP contribution is -1.72. The molecule has 0 aromatic carbocycles. The Hall–Kier alpha value is -0.780. The molecule has 44 valence electrons. The Morgan fingerprint density at radius 1 is 1.38 bits per heavy atom. The molecule has 0 bridgehead atoms. The fourth-order valence-electron chi connectivity index (χ4n) is 0.319. The maximum absolute atomic E-state index is 3.76. The topological polar surface area (TPSA) is 0 Å². The highest BCUT2D eigenvalue weighted by atomic mass is 13.9. The zero-order valence-electron chi connectivity index (χ0n) is 5.57. The van der Waals surface area contributed by atoms with Gasteiger partial charge in [0.1, 0.15) is 0 Å². The zero-order chi connectivity index (χ0) is 6.57. The van der Waals surface area contributed by atoms with Crippen molar-refractivity contribution in [1.82, 2.24) is 0 Å². The second-order valence-electron chi connectivity index (χ2n) is 1.87. The maximum Gasteiger partial charge on any atom is -0.0395 e. The SMILES string of the molecule is C=CC=C(C)C(=C)C. The molecule has 0 aliphatic heterocycles. The van der Waals surface area contributed by atoms with Crippen LogP contribution in [0.2, 0.25) is 0 Å². The summed E-state index contributed by atoms with van der Waals surface area (Å²) >= 11 is 0. The van der Waals surface area contributed by atoms with Crippen LogP contribution in [0.1, 0.15) is 13.8 Å². The van der Waals surface area contributed by atoms with E-state index in [2.05, 4.69) is 13.2 Å². The van der Waals surface area contributed by atoms with Crippen LogP contribution in [0.3, 0.4) is 0 Å². The van der Waals surface area contributed by atoms with E-state index >= 15 is 0 Å². The van der Waals surface area contributed by atoms with Crippen molar-refractivity contribution in [3.05, 3.63) is 36.5 Å². The molecule has 0 saturated carbocycles. The van der Waals surface area contributed by atoms with Gasteiger partial charge in [-0.25, -0.2) is 0 Å². The second-order valence-corrected chi connectivity index (χ2v) is 1.87. The summed E-state index contributed by atoms with van der Waals surface area (Å²) < 4.78 is 0. The standard InChI is InChI=1S/C8H12/c1-5-6-8(4)7(2)3/h5-6H,1-2H2,3-4H3. The predicted octanol–water partition coefficient (Wildman–Crippen LogP) is 2.69. The predicted molar refractivity (Wildman–Crippen MR) is 38.8 cm³/mol. The van der Waals surface area contributed by atoms with Crippen molar-refractivity contribution in [3.63, 3.8) is 0 Å². The molecule has 8 heavy (non-hydrogen) atoms. The number of hydrogen-bond acceptors (Lipinski definition) is 0. The molecule has 0 amide bonds. The van der Waals surface area contributed by atoms with Crippen molar-refractivity contribution in [2.45, 2.75) is 13.8 Å². The third-order valence-electron chi connectivity index (χ3n) is 1.04. The summed E-state index contributed by atoms with van der Waals surface area (Å²) in [5.74, 6) is 0. The van der Waals surface area contributed by atoms with Crippen molar-refractivity contribution < 1.29 is 0 Å². The molecule has 0 heterocycles. The first-order valence-corrected chi connectivity index (χ1v) is 2.63. The van der Waals surface area contributed by atoms with Crippen molar-refractivity contribution in [1.29, 1.82) is 0 Å². The summed E-state index contributed by atoms with van der Waals surface area (Å²) in [7, 11) is 0. The largest absolute Gasteiger partial charge is 0.0991 e. The maximum atomic E-state index is 3.76. The van der Waals surface area contributed by atoms with E-state index in [4.69, 9.17) is 0 Å². The Morgan fingerprint density at radius 2 is 1.88 bits per heavy atom. The van der Waals surface area contributed by atoms with E-state index in [0.717, 1.165) is 5.57 Å². The van der Waals surface area contributed by atoms with Gasteiger partial charge in [0, 0.05) is 0 Å². The van der Waals surface area contributed by atoms with Gasteiger partial charge in [0.2, 0.25) is 0 Å². The van der Waals surface area contributed by atoms with Gasteiger partial charge in [0.25, 0.3) is 0 Å². The van der Waals surface area contributed by atoms with Crippen LogP contribution in [0.5, 0.6) is 0 Å². The summed E-state index contributed by atoms with van der Waals surface area (Å²) in [5, 5.41) is 0. The van der Waals surface area contributed by atoms with Gasteiger partial charge in [0.15, 0.2) is 0 Å². The summed E-state index contributed by atoms with van der Waals surface area (Å²) in [5.41, 5.74) is 2.30. The lowest BCUT2D eigenvalue weighted by molar-refractivity contribution is 1.37. The molecule has 0 N–H and O–H groups in total. The van der Waals surface area contributed by atoms with Crippen molar-refractivity contribution in [2.24, 2.45) is 0 Å². The first-order valence-electron chi connectivity index (χ1n) is 2.63. The van der Waals surface area contributed by atoms with E-state index < -0.39 is 0 Å². The summed E-state index contributed by atoms with van der Waals surface area (Å²) in [6.07, 6.45) is 3.71. The molecule has 0 nitrogen and oxygen atoms in total. The van der Waals surface area contributed by atoms with Gasteiger partial charge in [-0.2, -0.15) is 0 Å². The van der Waals surface area contributed by atoms with Crippen LogP contribution < -0.4 is 0 Å². The van der Waals surface area contributed by atoms with Gasteiger partial charge in [0.05, 0.1) is 0 Å². The fourth-order valence-corrected chi connectivity index (χ4v) is 0.319. The van der Waals surface area contributed by atoms with Gasteiger partial charge in [-0.3, -0.25) is 0 Å². The summed E-state index contributed by atoms with van der Waals surface area (Å²) in [6, 6.07) is 0. The average Bonchev–Trinajstić information content (AvgIpc) is 1.67. The van der Waals surface area contributed by atoms with Gasteiger partial charge in [-0.1, -0.05) is 30.9 Å². The van der Waals surface area contributed by atoms with Gasteiger partial charge >= 0.3 is 0 Å². The molecular formula is C8H12. The smallest absolute Gasteiger partial charge is 0.0395 e. The van der Waals surface area contributed by atoms with Crippen LogP contribution in [-0.2, 0) is 0 Å². The first kappa shape index (κ1) is 7.22. The van der Waals surface area contributed by atoms with Crippen LogP contribution in [0, 0.1) is 0 Å². The average molecular weight is 108 g/mol. The molecular weight excluding hydrogens is 96.1 g/mol. The van der Waals surface area contributed by atoms with E-state index in [1.807, 2.05) is 19.9 Å². The first-order chi connectivity index (χ1) is 3.68. The van der Waals surface area contributed by atoms with Crippen LogP contribution in [0.4, 0.5) is 0 Å². The molecule has 0 atom stereocenters. The highest BCUT2D eigenvalue weighted by molar-refractivity contribution is 5.26. The highest BCUT2D eigenvalue weighted by Crippen LogP contribution is 2.03. The van der Waals surface area contributed by atoms with Gasteiger partial charge < -0.3 is 0 Å². The summed E-state index contributed by atoms with van der Waals surface area (Å²) in [4.78, 5) is 0. The van der Waals surface area contributed by atoms with Gasteiger partial charge in [-0.05, 0) is 19.4 Å². The molecule has 0 radical (unpaired) electrons. The minimum atomic E-state index is 1.10. The molecule has 0 aromatic heterocycles. The second kappa shape index (κ2) is 3.25. The quantitative estimate of drug-likeness (QED) is 0.477. The molecule has 0 unspecified atom stereocenters. The Morgan fingerprint density at radius 3 is 2.00 bits per heavy atom. The molecule has 0 fully saturated rings. The van der Waals surface area contributed by atoms with Crippen LogP contribution in [-0.4, -0.2) is 0 Å². The molecule has 0 aromatic rings. The Bertz CT molecular complexity index is 127. The van der Waals surface area contributed by atoms with E-state index in [1.165, 1.54) is 5.57 Å².